The molecule has 1 N–H and O–H groups in total. The van der Waals surface area contributed by atoms with Gasteiger partial charge >= 0.3 is 0 Å². The van der Waals surface area contributed by atoms with E-state index in [9.17, 15) is 9.90 Å². The number of ketones is 1. The Bertz CT molecular complexity index is 729. The molecule has 1 aliphatic rings. The third kappa shape index (κ3) is 5.48. The van der Waals surface area contributed by atoms with Crippen molar-refractivity contribution in [1.82, 2.24) is 0 Å². The highest BCUT2D eigenvalue weighted by Crippen LogP contribution is 2.39. The van der Waals surface area contributed by atoms with Crippen LogP contribution in [0.3, 0.4) is 0 Å². The zero-order valence-corrected chi connectivity index (χ0v) is 18.2. The van der Waals surface area contributed by atoms with Crippen LogP contribution < -0.4 is 5.30 Å². The van der Waals surface area contributed by atoms with E-state index in [2.05, 4.69) is 60.4 Å². The smallest absolute Gasteiger partial charge is 0.187 e. The van der Waals surface area contributed by atoms with Gasteiger partial charge in [-0.25, -0.2) is 0 Å². The Morgan fingerprint density at radius 2 is 2.00 bits per heavy atom. The van der Waals surface area contributed by atoms with Gasteiger partial charge in [-0.3, -0.25) is 4.79 Å². The van der Waals surface area contributed by atoms with Crippen molar-refractivity contribution in [1.29, 1.82) is 0 Å². The molecule has 0 amide bonds. The average Bonchev–Trinajstić information content (AvgIpc) is 2.51. The summed E-state index contributed by atoms with van der Waals surface area (Å²) in [6.45, 7) is 8.05. The Hall–Kier alpha value is -1.02. The molecule has 4 heteroatoms. The maximum atomic E-state index is 12.1. The second kappa shape index (κ2) is 9.07. The summed E-state index contributed by atoms with van der Waals surface area (Å²) in [5.41, 5.74) is 3.97. The Morgan fingerprint density at radius 3 is 2.64 bits per heavy atom. The maximum Gasteiger partial charge on any atom is 0.187 e. The van der Waals surface area contributed by atoms with E-state index in [1.807, 2.05) is 19.1 Å². The van der Waals surface area contributed by atoms with Crippen LogP contribution in [0.4, 0.5) is 0 Å². The van der Waals surface area contributed by atoms with Crippen LogP contribution in [-0.2, 0) is 11.2 Å². The van der Waals surface area contributed by atoms with E-state index >= 15 is 0 Å². The van der Waals surface area contributed by atoms with Gasteiger partial charge in [0.25, 0.3) is 0 Å². The van der Waals surface area contributed by atoms with Gasteiger partial charge in [0.15, 0.2) is 5.78 Å². The molecule has 0 saturated heterocycles. The van der Waals surface area contributed by atoms with Crippen LogP contribution in [-0.4, -0.2) is 17.0 Å². The fourth-order valence-corrected chi connectivity index (χ4v) is 3.53. The Morgan fingerprint density at radius 1 is 1.36 bits per heavy atom. The summed E-state index contributed by atoms with van der Waals surface area (Å²) >= 11 is 0. The molecule has 0 spiro atoms. The van der Waals surface area contributed by atoms with E-state index in [1.165, 1.54) is 10.9 Å². The molecular formula is C21H28BrO2P. The van der Waals surface area contributed by atoms with E-state index in [1.54, 1.807) is 0 Å². The number of hydrogen-bond donors (Lipinski definition) is 1. The second-order valence-corrected chi connectivity index (χ2v) is 7.81. The fourth-order valence-electron chi connectivity index (χ4n) is 3.20. The molecule has 136 valence electrons. The van der Waals surface area contributed by atoms with Crippen molar-refractivity contribution in [3.05, 3.63) is 64.8 Å². The molecule has 1 aromatic carbocycles. The molecule has 0 aromatic heterocycles. The van der Waals surface area contributed by atoms with Crippen LogP contribution in [0.15, 0.2) is 59.2 Å². The quantitative estimate of drug-likeness (QED) is 0.573. The van der Waals surface area contributed by atoms with Gasteiger partial charge in [0.05, 0.1) is 0 Å². The second-order valence-electron chi connectivity index (χ2n) is 7.19. The first-order valence-corrected chi connectivity index (χ1v) is 8.92. The molecule has 0 heterocycles. The standard InChI is InChI=1S/C21H27O2P.BrH/c1-14(9-11-16-7-5-6-8-19(16)24)10-12-17-15(2)20(23)18(22)13-21(17,3)4;/h5-10,12,18,22H,11,13,24H2,1-4H3;1H. The van der Waals surface area contributed by atoms with Gasteiger partial charge in [-0.2, -0.15) is 0 Å². The molecular weight excluding hydrogens is 395 g/mol. The van der Waals surface area contributed by atoms with Crippen molar-refractivity contribution in [2.24, 2.45) is 5.41 Å². The minimum Gasteiger partial charge on any atom is -0.385 e. The van der Waals surface area contributed by atoms with Crippen LogP contribution in [0.5, 0.6) is 0 Å². The van der Waals surface area contributed by atoms with Crippen LogP contribution in [0, 0.1) is 5.41 Å². The summed E-state index contributed by atoms with van der Waals surface area (Å²) in [6.07, 6.45) is 6.80. The van der Waals surface area contributed by atoms with Crippen molar-refractivity contribution in [2.75, 3.05) is 0 Å². The Labute approximate surface area is 164 Å². The topological polar surface area (TPSA) is 37.3 Å². The monoisotopic (exact) mass is 422 g/mol. The lowest BCUT2D eigenvalue weighted by Crippen LogP contribution is -2.35. The van der Waals surface area contributed by atoms with Crippen molar-refractivity contribution in [3.63, 3.8) is 0 Å². The molecule has 0 bridgehead atoms. The van der Waals surface area contributed by atoms with Gasteiger partial charge in [0.1, 0.15) is 6.10 Å². The summed E-state index contributed by atoms with van der Waals surface area (Å²) in [4.78, 5) is 12.1. The van der Waals surface area contributed by atoms with E-state index in [4.69, 9.17) is 0 Å². The molecule has 0 fully saturated rings. The number of rotatable bonds is 4. The van der Waals surface area contributed by atoms with E-state index in [0.29, 0.717) is 12.0 Å². The fraction of sp³-hybridized carbons (Fsp3) is 0.381. The SMILES string of the molecule is Br.CC(C=CC1=C(C)C(=O)C(O)CC1(C)C)=CCc1ccccc1P. The molecule has 0 aliphatic heterocycles. The number of carbonyl (C=O) groups is 1. The van der Waals surface area contributed by atoms with Crippen molar-refractivity contribution >= 4 is 37.3 Å². The predicted octanol–water partition coefficient (Wildman–Crippen LogP) is 4.49. The number of Topliss-reactive ketones (excluding diaryl/α,β-unsaturated/α-hetero) is 1. The lowest BCUT2D eigenvalue weighted by atomic mass is 9.71. The third-order valence-electron chi connectivity index (χ3n) is 4.72. The third-order valence-corrected chi connectivity index (χ3v) is 5.28. The summed E-state index contributed by atoms with van der Waals surface area (Å²) in [7, 11) is 2.77. The van der Waals surface area contributed by atoms with E-state index in [0.717, 1.165) is 17.6 Å². The predicted molar refractivity (Wildman–Crippen MR) is 115 cm³/mol. The minimum atomic E-state index is -0.868. The molecule has 2 rings (SSSR count). The molecule has 2 atom stereocenters. The zero-order valence-electron chi connectivity index (χ0n) is 15.4. The lowest BCUT2D eigenvalue weighted by Gasteiger charge is -2.34. The highest BCUT2D eigenvalue weighted by molar-refractivity contribution is 8.93. The van der Waals surface area contributed by atoms with Crippen LogP contribution >= 0.6 is 26.2 Å². The van der Waals surface area contributed by atoms with Crippen LogP contribution in [0.1, 0.15) is 39.7 Å². The number of halogens is 1. The number of carbonyl (C=O) groups excluding carboxylic acids is 1. The normalized spacial score (nSPS) is 20.8. The average molecular weight is 423 g/mol. The number of aliphatic hydroxyl groups excluding tert-OH is 1. The number of allylic oxidation sites excluding steroid dienone is 5. The number of benzene rings is 1. The maximum absolute atomic E-state index is 12.1. The molecule has 1 aliphatic carbocycles. The van der Waals surface area contributed by atoms with Gasteiger partial charge in [0, 0.05) is 0 Å². The van der Waals surface area contributed by atoms with Gasteiger partial charge in [-0.05, 0) is 54.1 Å². The first-order valence-electron chi connectivity index (χ1n) is 8.34. The first-order chi connectivity index (χ1) is 11.2. The van der Waals surface area contributed by atoms with Crippen LogP contribution in [0.2, 0.25) is 0 Å². The number of aliphatic hydroxyl groups is 1. The van der Waals surface area contributed by atoms with Crippen LogP contribution in [0.25, 0.3) is 0 Å². The lowest BCUT2D eigenvalue weighted by molar-refractivity contribution is -0.125. The molecule has 1 aromatic rings. The first kappa shape index (κ1) is 22.0. The zero-order chi connectivity index (χ0) is 17.9. The summed E-state index contributed by atoms with van der Waals surface area (Å²) in [5.74, 6) is -0.146. The largest absolute Gasteiger partial charge is 0.385 e. The van der Waals surface area contributed by atoms with Crippen molar-refractivity contribution in [2.45, 2.75) is 46.6 Å². The molecule has 0 radical (unpaired) electrons. The Balaban J connectivity index is 0.00000312. The van der Waals surface area contributed by atoms with Crippen molar-refractivity contribution < 1.29 is 9.90 Å². The van der Waals surface area contributed by atoms with E-state index < -0.39 is 6.10 Å². The summed E-state index contributed by atoms with van der Waals surface area (Å²) < 4.78 is 0. The van der Waals surface area contributed by atoms with Gasteiger partial charge in [-0.15, -0.1) is 26.2 Å². The molecule has 2 nitrogen and oxygen atoms in total. The minimum absolute atomic E-state index is 0. The molecule has 2 unspecified atom stereocenters. The molecule has 0 saturated carbocycles. The highest BCUT2D eigenvalue weighted by Gasteiger charge is 2.36. The summed E-state index contributed by atoms with van der Waals surface area (Å²) in [5, 5.41) is 11.1. The molecule has 25 heavy (non-hydrogen) atoms. The van der Waals surface area contributed by atoms with Gasteiger partial charge in [-0.1, -0.05) is 61.9 Å². The Kier molecular flexibility index (Phi) is 7.99. The van der Waals surface area contributed by atoms with Gasteiger partial charge < -0.3 is 5.11 Å². The highest BCUT2D eigenvalue weighted by atomic mass is 79.9. The number of hydrogen-bond acceptors (Lipinski definition) is 2. The van der Waals surface area contributed by atoms with E-state index in [-0.39, 0.29) is 28.2 Å². The van der Waals surface area contributed by atoms with Crippen molar-refractivity contribution in [3.8, 4) is 0 Å². The summed E-state index contributed by atoms with van der Waals surface area (Å²) in [6, 6.07) is 8.31. The van der Waals surface area contributed by atoms with Gasteiger partial charge in [0.2, 0.25) is 0 Å².